The van der Waals surface area contributed by atoms with Crippen LogP contribution in [0.1, 0.15) is 13.3 Å². The molecule has 1 saturated heterocycles. The van der Waals surface area contributed by atoms with Gasteiger partial charge in [0.05, 0.1) is 18.2 Å². The molecule has 1 aliphatic heterocycles. The molecule has 0 bridgehead atoms. The zero-order chi connectivity index (χ0) is 20.4. The third-order valence-corrected chi connectivity index (χ3v) is 7.36. The summed E-state index contributed by atoms with van der Waals surface area (Å²) in [6.45, 7) is 3.20. The van der Waals surface area contributed by atoms with Crippen LogP contribution in [0.3, 0.4) is 0 Å². The normalized spacial score (nSPS) is 18.3. The average Bonchev–Trinajstić information content (AvgIpc) is 3.26. The van der Waals surface area contributed by atoms with Crippen molar-refractivity contribution in [1.29, 1.82) is 0 Å². The summed E-state index contributed by atoms with van der Waals surface area (Å²) in [4.78, 5) is 6.35. The molecular formula is C20H23N5O2S2. The van der Waals surface area contributed by atoms with E-state index < -0.39 is 9.84 Å². The number of para-hydroxylation sites is 1. The fourth-order valence-corrected chi connectivity index (χ4v) is 5.75. The summed E-state index contributed by atoms with van der Waals surface area (Å²) in [6, 6.07) is 13.7. The summed E-state index contributed by atoms with van der Waals surface area (Å²) in [5.41, 5.74) is 1.79. The van der Waals surface area contributed by atoms with Crippen molar-refractivity contribution in [1.82, 2.24) is 24.2 Å². The van der Waals surface area contributed by atoms with Gasteiger partial charge in [-0.2, -0.15) is 0 Å². The maximum absolute atomic E-state index is 11.9. The predicted molar refractivity (Wildman–Crippen MR) is 115 cm³/mol. The van der Waals surface area contributed by atoms with Gasteiger partial charge in [0.2, 0.25) is 4.77 Å². The second kappa shape index (κ2) is 8.17. The summed E-state index contributed by atoms with van der Waals surface area (Å²) >= 11 is 5.78. The van der Waals surface area contributed by atoms with Crippen molar-refractivity contribution in [2.24, 2.45) is 0 Å². The van der Waals surface area contributed by atoms with Gasteiger partial charge in [0.1, 0.15) is 0 Å². The Kier molecular flexibility index (Phi) is 5.62. The number of benzene rings is 1. The highest BCUT2D eigenvalue weighted by atomic mass is 32.2. The fourth-order valence-electron chi connectivity index (χ4n) is 3.70. The molecule has 0 spiro atoms. The van der Waals surface area contributed by atoms with E-state index in [0.29, 0.717) is 23.7 Å². The lowest BCUT2D eigenvalue weighted by Crippen LogP contribution is -2.37. The molecule has 152 valence electrons. The molecule has 1 aromatic carbocycles. The maximum atomic E-state index is 11.9. The summed E-state index contributed by atoms with van der Waals surface area (Å²) in [5, 5.41) is 4.80. The summed E-state index contributed by atoms with van der Waals surface area (Å²) in [7, 11) is -2.95. The third kappa shape index (κ3) is 4.17. The standard InChI is InChI=1S/C20H23N5O2S2/c1-2-23(18-10-12-29(26,27)14-18)15-24-20(28)25(17-8-4-3-5-9-17)19(22-24)16-7-6-11-21-13-16/h3-9,11,13,18H,2,10,12,14-15H2,1H3/t18-/m0/s1. The smallest absolute Gasteiger partial charge is 0.204 e. The lowest BCUT2D eigenvalue weighted by molar-refractivity contribution is 0.164. The number of hydrogen-bond acceptors (Lipinski definition) is 6. The molecule has 0 N–H and O–H groups in total. The molecule has 3 heterocycles. The second-order valence-electron chi connectivity index (χ2n) is 7.12. The Morgan fingerprint density at radius 3 is 2.62 bits per heavy atom. The van der Waals surface area contributed by atoms with Crippen LogP contribution < -0.4 is 0 Å². The van der Waals surface area contributed by atoms with E-state index in [0.717, 1.165) is 17.8 Å². The molecule has 2 aromatic heterocycles. The molecule has 0 radical (unpaired) electrons. The molecule has 1 fully saturated rings. The van der Waals surface area contributed by atoms with Crippen molar-refractivity contribution in [3.05, 3.63) is 59.6 Å². The number of hydrogen-bond donors (Lipinski definition) is 0. The van der Waals surface area contributed by atoms with Crippen LogP contribution in [0.25, 0.3) is 17.1 Å². The molecule has 0 saturated carbocycles. The van der Waals surface area contributed by atoms with E-state index in [-0.39, 0.29) is 17.5 Å². The Morgan fingerprint density at radius 1 is 1.21 bits per heavy atom. The predicted octanol–water partition coefficient (Wildman–Crippen LogP) is 2.93. The van der Waals surface area contributed by atoms with Gasteiger partial charge in [-0.05, 0) is 49.4 Å². The van der Waals surface area contributed by atoms with E-state index in [1.165, 1.54) is 0 Å². The molecule has 1 aliphatic rings. The second-order valence-corrected chi connectivity index (χ2v) is 9.72. The molecule has 3 aromatic rings. The molecule has 29 heavy (non-hydrogen) atoms. The summed E-state index contributed by atoms with van der Waals surface area (Å²) in [5.74, 6) is 1.16. The van der Waals surface area contributed by atoms with Crippen LogP contribution in [0, 0.1) is 4.77 Å². The van der Waals surface area contributed by atoms with E-state index >= 15 is 0 Å². The van der Waals surface area contributed by atoms with Crippen LogP contribution in [0.5, 0.6) is 0 Å². The van der Waals surface area contributed by atoms with Gasteiger partial charge in [-0.15, -0.1) is 5.10 Å². The van der Waals surface area contributed by atoms with Crippen molar-refractivity contribution < 1.29 is 8.42 Å². The largest absolute Gasteiger partial charge is 0.281 e. The quantitative estimate of drug-likeness (QED) is 0.561. The number of aromatic nitrogens is 4. The lowest BCUT2D eigenvalue weighted by Gasteiger charge is -2.26. The Balaban J connectivity index is 1.75. The first-order valence-corrected chi connectivity index (χ1v) is 11.8. The fraction of sp³-hybridized carbons (Fsp3) is 0.350. The first kappa shape index (κ1) is 19.9. The maximum Gasteiger partial charge on any atom is 0.204 e. The van der Waals surface area contributed by atoms with E-state index in [9.17, 15) is 8.42 Å². The van der Waals surface area contributed by atoms with Crippen LogP contribution >= 0.6 is 12.2 Å². The van der Waals surface area contributed by atoms with E-state index in [1.807, 2.05) is 54.0 Å². The molecule has 0 amide bonds. The van der Waals surface area contributed by atoms with Crippen LogP contribution in [-0.4, -0.2) is 56.7 Å². The van der Waals surface area contributed by atoms with Crippen LogP contribution in [0.4, 0.5) is 0 Å². The van der Waals surface area contributed by atoms with Crippen LogP contribution in [0.2, 0.25) is 0 Å². The molecular weight excluding hydrogens is 406 g/mol. The van der Waals surface area contributed by atoms with Gasteiger partial charge < -0.3 is 0 Å². The third-order valence-electron chi connectivity index (χ3n) is 5.22. The van der Waals surface area contributed by atoms with Crippen molar-refractivity contribution in [2.75, 3.05) is 18.1 Å². The van der Waals surface area contributed by atoms with Gasteiger partial charge in [-0.1, -0.05) is 25.1 Å². The first-order valence-electron chi connectivity index (χ1n) is 9.58. The van der Waals surface area contributed by atoms with Gasteiger partial charge in [0.25, 0.3) is 0 Å². The Morgan fingerprint density at radius 2 is 2.00 bits per heavy atom. The summed E-state index contributed by atoms with van der Waals surface area (Å²) in [6.07, 6.45) is 4.14. The van der Waals surface area contributed by atoms with Crippen LogP contribution in [-0.2, 0) is 16.5 Å². The minimum absolute atomic E-state index is 0.00406. The Bertz CT molecular complexity index is 1140. The minimum atomic E-state index is -2.95. The van der Waals surface area contributed by atoms with E-state index in [1.54, 1.807) is 17.1 Å². The SMILES string of the molecule is CCN(Cn1nc(-c2cccnc2)n(-c2ccccc2)c1=S)[C@H]1CCS(=O)(=O)C1. The molecule has 9 heteroatoms. The van der Waals surface area contributed by atoms with Crippen molar-refractivity contribution in [2.45, 2.75) is 26.1 Å². The Hall–Kier alpha value is -2.36. The minimum Gasteiger partial charge on any atom is -0.281 e. The Labute approximate surface area is 175 Å². The topological polar surface area (TPSA) is 73.0 Å². The highest BCUT2D eigenvalue weighted by Gasteiger charge is 2.32. The van der Waals surface area contributed by atoms with Crippen LogP contribution in [0.15, 0.2) is 54.9 Å². The summed E-state index contributed by atoms with van der Waals surface area (Å²) < 4.78 is 28.1. The van der Waals surface area contributed by atoms with Crippen molar-refractivity contribution in [3.63, 3.8) is 0 Å². The molecule has 4 rings (SSSR count). The zero-order valence-electron chi connectivity index (χ0n) is 16.2. The van der Waals surface area contributed by atoms with Crippen molar-refractivity contribution in [3.8, 4) is 17.1 Å². The number of rotatable bonds is 6. The number of pyridine rings is 1. The first-order chi connectivity index (χ1) is 14.0. The van der Waals surface area contributed by atoms with Gasteiger partial charge in [-0.3, -0.25) is 14.5 Å². The molecule has 0 aliphatic carbocycles. The number of nitrogens with zero attached hydrogens (tertiary/aromatic N) is 5. The van der Waals surface area contributed by atoms with E-state index in [4.69, 9.17) is 17.3 Å². The lowest BCUT2D eigenvalue weighted by atomic mass is 10.2. The molecule has 0 unspecified atom stereocenters. The van der Waals surface area contributed by atoms with Gasteiger partial charge >= 0.3 is 0 Å². The van der Waals surface area contributed by atoms with Gasteiger partial charge in [0.15, 0.2) is 15.7 Å². The highest BCUT2D eigenvalue weighted by Crippen LogP contribution is 2.23. The molecule has 1 atom stereocenters. The monoisotopic (exact) mass is 429 g/mol. The number of sulfone groups is 1. The highest BCUT2D eigenvalue weighted by molar-refractivity contribution is 7.91. The van der Waals surface area contributed by atoms with E-state index in [2.05, 4.69) is 9.88 Å². The average molecular weight is 430 g/mol. The van der Waals surface area contributed by atoms with Gasteiger partial charge in [0, 0.05) is 29.7 Å². The zero-order valence-corrected chi connectivity index (χ0v) is 17.8. The van der Waals surface area contributed by atoms with Gasteiger partial charge in [-0.25, -0.2) is 13.1 Å². The van der Waals surface area contributed by atoms with Crippen molar-refractivity contribution >= 4 is 22.1 Å². The molecule has 7 nitrogen and oxygen atoms in total.